The summed E-state index contributed by atoms with van der Waals surface area (Å²) in [4.78, 5) is 0. The van der Waals surface area contributed by atoms with E-state index >= 15 is 0 Å². The molecule has 3 N–H and O–H groups in total. The molecule has 27 heavy (non-hydrogen) atoms. The van der Waals surface area contributed by atoms with Crippen LogP contribution in [-0.4, -0.2) is 28.8 Å². The lowest BCUT2D eigenvalue weighted by Crippen LogP contribution is -2.59. The van der Waals surface area contributed by atoms with Crippen molar-refractivity contribution in [3.63, 3.8) is 0 Å². The number of hydrogen-bond acceptors (Lipinski definition) is 5. The predicted molar refractivity (Wildman–Crippen MR) is 110 cm³/mol. The van der Waals surface area contributed by atoms with Gasteiger partial charge in [0.2, 0.25) is 5.90 Å². The number of ether oxygens (including phenoxy) is 1. The molecule has 0 unspecified atom stereocenters. The largest absolute Gasteiger partial charge is 0.475 e. The Morgan fingerprint density at radius 1 is 1.22 bits per heavy atom. The molecule has 0 atom stereocenters. The van der Waals surface area contributed by atoms with Crippen LogP contribution < -0.4 is 5.32 Å². The first-order chi connectivity index (χ1) is 12.5. The number of benzene rings is 1. The third-order valence-corrected chi connectivity index (χ3v) is 4.75. The number of hydrogen-bond donors (Lipinski definition) is 3. The van der Waals surface area contributed by atoms with Gasteiger partial charge < -0.3 is 15.5 Å². The molecule has 5 nitrogen and oxygen atoms in total. The lowest BCUT2D eigenvalue weighted by Gasteiger charge is -2.46. The fraction of sp³-hybridized carbons (Fsp3) is 0.500. The molecule has 1 fully saturated rings. The van der Waals surface area contributed by atoms with E-state index < -0.39 is 0 Å². The number of rotatable bonds is 5. The molecule has 0 aliphatic carbocycles. The van der Waals surface area contributed by atoms with E-state index in [4.69, 9.17) is 15.6 Å². The standard InChI is InChI=1S/C22H30N4O/c1-6-15-7-8-18(16(11-15)14-23)19(24)9-10-20(25)27-17-12-21(2,3)26-22(4,5)13-17/h7-11,17,24-26H,6,12-13H2,1-5H3/b10-9-,24-19?,25-20?. The van der Waals surface area contributed by atoms with Crippen LogP contribution in [0.1, 0.15) is 64.2 Å². The Balaban J connectivity index is 2.04. The van der Waals surface area contributed by atoms with Gasteiger partial charge in [-0.2, -0.15) is 5.26 Å². The van der Waals surface area contributed by atoms with Gasteiger partial charge in [-0.15, -0.1) is 0 Å². The summed E-state index contributed by atoms with van der Waals surface area (Å²) in [5.74, 6) is 0.0435. The Hall–Kier alpha value is -2.45. The van der Waals surface area contributed by atoms with E-state index in [0.29, 0.717) is 11.1 Å². The minimum Gasteiger partial charge on any atom is -0.475 e. The maximum Gasteiger partial charge on any atom is 0.206 e. The summed E-state index contributed by atoms with van der Waals surface area (Å²) in [5, 5.41) is 29.3. The Bertz CT molecular complexity index is 783. The van der Waals surface area contributed by atoms with Crippen LogP contribution in [0, 0.1) is 22.1 Å². The van der Waals surface area contributed by atoms with Crippen molar-refractivity contribution in [2.24, 2.45) is 0 Å². The smallest absolute Gasteiger partial charge is 0.206 e. The SMILES string of the molecule is CCc1ccc(C(=N)/C=C\C(=N)OC2CC(C)(C)NC(C)(C)C2)c(C#N)c1. The van der Waals surface area contributed by atoms with Crippen LogP contribution in [0.2, 0.25) is 0 Å². The maximum atomic E-state index is 9.34. The molecule has 1 aromatic rings. The third kappa shape index (κ3) is 5.77. The van der Waals surface area contributed by atoms with Crippen LogP contribution in [0.15, 0.2) is 30.4 Å². The van der Waals surface area contributed by atoms with E-state index in [2.05, 4.69) is 39.1 Å². The van der Waals surface area contributed by atoms with Crippen molar-refractivity contribution in [2.45, 2.75) is 71.1 Å². The van der Waals surface area contributed by atoms with Crippen molar-refractivity contribution >= 4 is 11.6 Å². The summed E-state index contributed by atoms with van der Waals surface area (Å²) >= 11 is 0. The van der Waals surface area contributed by atoms with Crippen LogP contribution >= 0.6 is 0 Å². The number of piperidine rings is 1. The van der Waals surface area contributed by atoms with Crippen LogP contribution in [-0.2, 0) is 11.2 Å². The Morgan fingerprint density at radius 2 is 1.85 bits per heavy atom. The van der Waals surface area contributed by atoms with Crippen molar-refractivity contribution in [3.05, 3.63) is 47.0 Å². The van der Waals surface area contributed by atoms with Crippen molar-refractivity contribution in [1.82, 2.24) is 5.32 Å². The first-order valence-corrected chi connectivity index (χ1v) is 9.40. The molecule has 5 heteroatoms. The fourth-order valence-corrected chi connectivity index (χ4v) is 3.92. The molecule has 0 radical (unpaired) electrons. The summed E-state index contributed by atoms with van der Waals surface area (Å²) in [6, 6.07) is 7.70. The van der Waals surface area contributed by atoms with Crippen molar-refractivity contribution in [1.29, 1.82) is 16.1 Å². The average Bonchev–Trinajstić information content (AvgIpc) is 2.56. The number of nitriles is 1. The number of allylic oxidation sites excluding steroid dienone is 1. The van der Waals surface area contributed by atoms with Gasteiger partial charge in [-0.1, -0.05) is 19.1 Å². The highest BCUT2D eigenvalue weighted by molar-refractivity contribution is 6.10. The van der Waals surface area contributed by atoms with Gasteiger partial charge in [0.25, 0.3) is 0 Å². The van der Waals surface area contributed by atoms with Crippen LogP contribution in [0.5, 0.6) is 0 Å². The number of nitrogens with zero attached hydrogens (tertiary/aromatic N) is 1. The summed E-state index contributed by atoms with van der Waals surface area (Å²) < 4.78 is 5.84. The van der Waals surface area contributed by atoms with Gasteiger partial charge in [0.15, 0.2) is 0 Å². The van der Waals surface area contributed by atoms with Crippen LogP contribution in [0.3, 0.4) is 0 Å². The highest BCUT2D eigenvalue weighted by atomic mass is 16.5. The Kier molecular flexibility index (Phi) is 6.22. The zero-order valence-corrected chi connectivity index (χ0v) is 16.9. The van der Waals surface area contributed by atoms with Gasteiger partial charge in [0.1, 0.15) is 6.10 Å². The van der Waals surface area contributed by atoms with Crippen molar-refractivity contribution < 1.29 is 4.74 Å². The van der Waals surface area contributed by atoms with E-state index in [1.807, 2.05) is 19.1 Å². The van der Waals surface area contributed by atoms with Crippen molar-refractivity contribution in [2.75, 3.05) is 0 Å². The Labute approximate surface area is 162 Å². The van der Waals surface area contributed by atoms with E-state index in [1.54, 1.807) is 6.07 Å². The summed E-state index contributed by atoms with van der Waals surface area (Å²) in [6.07, 6.45) is 5.48. The topological polar surface area (TPSA) is 92.8 Å². The molecule has 0 saturated carbocycles. The molecule has 144 valence electrons. The average molecular weight is 367 g/mol. The van der Waals surface area contributed by atoms with E-state index in [9.17, 15) is 5.26 Å². The van der Waals surface area contributed by atoms with E-state index in [1.165, 1.54) is 12.2 Å². The summed E-state index contributed by atoms with van der Waals surface area (Å²) in [5.41, 5.74) is 2.23. The van der Waals surface area contributed by atoms with E-state index in [0.717, 1.165) is 24.8 Å². The lowest BCUT2D eigenvalue weighted by molar-refractivity contribution is 0.0485. The molecule has 0 aromatic heterocycles. The number of aryl methyl sites for hydroxylation is 1. The second kappa shape index (κ2) is 8.06. The van der Waals surface area contributed by atoms with Gasteiger partial charge in [0, 0.05) is 35.6 Å². The first-order valence-electron chi connectivity index (χ1n) is 9.40. The molecule has 1 aliphatic heterocycles. The molecule has 0 bridgehead atoms. The minimum absolute atomic E-state index is 0.0407. The fourth-order valence-electron chi connectivity index (χ4n) is 3.92. The second-order valence-corrected chi connectivity index (χ2v) is 8.50. The van der Waals surface area contributed by atoms with Crippen LogP contribution in [0.4, 0.5) is 0 Å². The Morgan fingerprint density at radius 3 is 2.41 bits per heavy atom. The monoisotopic (exact) mass is 366 g/mol. The number of nitrogens with one attached hydrogen (secondary N) is 3. The summed E-state index contributed by atoms with van der Waals surface area (Å²) in [6.45, 7) is 10.6. The second-order valence-electron chi connectivity index (χ2n) is 8.50. The van der Waals surface area contributed by atoms with Gasteiger partial charge in [-0.05, 0) is 51.8 Å². The molecule has 1 saturated heterocycles. The molecule has 1 heterocycles. The molecule has 2 rings (SSSR count). The molecule has 1 aromatic carbocycles. The van der Waals surface area contributed by atoms with Gasteiger partial charge >= 0.3 is 0 Å². The molecule has 1 aliphatic rings. The molecule has 0 spiro atoms. The molecular weight excluding hydrogens is 336 g/mol. The lowest BCUT2D eigenvalue weighted by atomic mass is 9.81. The molecular formula is C22H30N4O. The zero-order chi connectivity index (χ0) is 20.2. The van der Waals surface area contributed by atoms with Gasteiger partial charge in [-0.3, -0.25) is 5.41 Å². The summed E-state index contributed by atoms with van der Waals surface area (Å²) in [7, 11) is 0. The normalized spacial score (nSPS) is 18.8. The zero-order valence-electron chi connectivity index (χ0n) is 16.9. The van der Waals surface area contributed by atoms with Gasteiger partial charge in [-0.25, -0.2) is 0 Å². The maximum absolute atomic E-state index is 9.34. The highest BCUT2D eigenvalue weighted by Gasteiger charge is 2.38. The molecule has 0 amide bonds. The van der Waals surface area contributed by atoms with E-state index in [-0.39, 0.29) is 28.8 Å². The van der Waals surface area contributed by atoms with Gasteiger partial charge in [0.05, 0.1) is 17.3 Å². The highest BCUT2D eigenvalue weighted by Crippen LogP contribution is 2.30. The van der Waals surface area contributed by atoms with Crippen LogP contribution in [0.25, 0.3) is 0 Å². The van der Waals surface area contributed by atoms with Crippen molar-refractivity contribution in [3.8, 4) is 6.07 Å². The third-order valence-electron chi connectivity index (χ3n) is 4.75. The minimum atomic E-state index is -0.0498. The quantitative estimate of drug-likeness (QED) is 0.534. The first kappa shape index (κ1) is 20.9. The predicted octanol–water partition coefficient (Wildman–Crippen LogP) is 4.35.